The van der Waals surface area contributed by atoms with Crippen molar-refractivity contribution in [1.29, 1.82) is 0 Å². The highest BCUT2D eigenvalue weighted by Crippen LogP contribution is 2.38. The van der Waals surface area contributed by atoms with Crippen molar-refractivity contribution in [3.8, 4) is 5.75 Å². The molecule has 0 aliphatic rings. The maximum atomic E-state index is 10.9. The molecule has 4 heteroatoms. The topological polar surface area (TPSA) is 49.4 Å². The molecule has 1 atom stereocenters. The van der Waals surface area contributed by atoms with Gasteiger partial charge in [-0.3, -0.25) is 0 Å². The summed E-state index contributed by atoms with van der Waals surface area (Å²) < 4.78 is 26.7. The third-order valence-electron chi connectivity index (χ3n) is 4.42. The average Bonchev–Trinajstić information content (AvgIpc) is 2.38. The first-order valence-corrected chi connectivity index (χ1v) is 8.06. The molecule has 0 aliphatic heterocycles. The molecule has 1 aromatic carbocycles. The fourth-order valence-corrected chi connectivity index (χ4v) is 2.31. The van der Waals surface area contributed by atoms with E-state index in [-0.39, 0.29) is 10.8 Å². The predicted molar refractivity (Wildman–Crippen MR) is 82.6 cm³/mol. The smallest absolute Gasteiger partial charge is 0.142 e. The van der Waals surface area contributed by atoms with Crippen LogP contribution in [0.25, 0.3) is 0 Å². The molecule has 0 bridgehead atoms. The van der Waals surface area contributed by atoms with Crippen molar-refractivity contribution in [2.24, 2.45) is 0 Å². The second-order valence-corrected chi connectivity index (χ2v) is 7.05. The summed E-state index contributed by atoms with van der Waals surface area (Å²) in [6.07, 6.45) is 1.93. The van der Waals surface area contributed by atoms with Crippen LogP contribution >= 0.6 is 0 Å². The summed E-state index contributed by atoms with van der Waals surface area (Å²) in [7, 11) is 0. The van der Waals surface area contributed by atoms with Gasteiger partial charge in [-0.2, -0.15) is 0 Å². The summed E-state index contributed by atoms with van der Waals surface area (Å²) in [6.45, 7) is 12.8. The van der Waals surface area contributed by atoms with E-state index in [0.29, 0.717) is 5.75 Å². The van der Waals surface area contributed by atoms with E-state index in [4.69, 9.17) is 4.18 Å². The largest absolute Gasteiger partial charge is 0.740 e. The third kappa shape index (κ3) is 3.83. The van der Waals surface area contributed by atoms with Crippen LogP contribution < -0.4 is 4.18 Å². The van der Waals surface area contributed by atoms with E-state index in [9.17, 15) is 8.76 Å². The van der Waals surface area contributed by atoms with E-state index in [1.54, 1.807) is 6.07 Å². The van der Waals surface area contributed by atoms with Crippen molar-refractivity contribution >= 4 is 11.4 Å². The van der Waals surface area contributed by atoms with Crippen LogP contribution in [0.4, 0.5) is 0 Å². The lowest BCUT2D eigenvalue weighted by molar-refractivity contribution is 0.422. The minimum Gasteiger partial charge on any atom is -0.740 e. The summed E-state index contributed by atoms with van der Waals surface area (Å²) >= 11 is -2.54. The first kappa shape index (κ1) is 17.2. The molecule has 1 unspecified atom stereocenters. The molecule has 1 rings (SSSR count). The summed E-state index contributed by atoms with van der Waals surface area (Å²) in [6, 6.07) is 5.82. The van der Waals surface area contributed by atoms with Crippen LogP contribution in [0.3, 0.4) is 0 Å². The van der Waals surface area contributed by atoms with E-state index in [2.05, 4.69) is 47.6 Å². The highest BCUT2D eigenvalue weighted by molar-refractivity contribution is 7.74. The number of rotatable bonds is 6. The van der Waals surface area contributed by atoms with E-state index in [0.717, 1.165) is 18.4 Å². The summed E-state index contributed by atoms with van der Waals surface area (Å²) in [4.78, 5) is 0. The standard InChI is InChI=1S/C16H26O3S/c1-7-15(3,4)12-9-10-14(19-20(17)18)13(11-12)16(5,6)8-2/h9-11H,7-8H2,1-6H3,(H,17,18)/p-1. The maximum absolute atomic E-state index is 10.9. The van der Waals surface area contributed by atoms with Gasteiger partial charge in [-0.05, 0) is 35.3 Å². The monoisotopic (exact) mass is 297 g/mol. The lowest BCUT2D eigenvalue weighted by atomic mass is 9.76. The van der Waals surface area contributed by atoms with Crippen LogP contribution in [-0.2, 0) is 22.2 Å². The molecule has 0 spiro atoms. The SMILES string of the molecule is CCC(C)(C)c1ccc(OS(=O)[O-])c(C(C)(C)CC)c1. The molecule has 0 aromatic heterocycles. The molecular weight excluding hydrogens is 272 g/mol. The van der Waals surface area contributed by atoms with Crippen LogP contribution in [0.15, 0.2) is 18.2 Å². The van der Waals surface area contributed by atoms with Gasteiger partial charge >= 0.3 is 0 Å². The van der Waals surface area contributed by atoms with E-state index < -0.39 is 11.4 Å². The molecular formula is C16H25O3S-. The average molecular weight is 297 g/mol. The van der Waals surface area contributed by atoms with Gasteiger partial charge in [0.1, 0.15) is 17.1 Å². The summed E-state index contributed by atoms with van der Waals surface area (Å²) in [5.41, 5.74) is 2.09. The molecule has 0 heterocycles. The van der Waals surface area contributed by atoms with Gasteiger partial charge in [0.15, 0.2) is 0 Å². The maximum Gasteiger partial charge on any atom is 0.142 e. The van der Waals surface area contributed by atoms with Gasteiger partial charge in [-0.1, -0.05) is 53.7 Å². The van der Waals surface area contributed by atoms with E-state index in [1.165, 1.54) is 5.56 Å². The van der Waals surface area contributed by atoms with E-state index in [1.807, 2.05) is 6.07 Å². The lowest BCUT2D eigenvalue weighted by Gasteiger charge is -2.30. The fourth-order valence-electron chi connectivity index (χ4n) is 2.02. The molecule has 0 saturated heterocycles. The molecule has 0 radical (unpaired) electrons. The van der Waals surface area contributed by atoms with Crippen LogP contribution in [0.2, 0.25) is 0 Å². The van der Waals surface area contributed by atoms with Crippen LogP contribution in [0, 0.1) is 0 Å². The molecule has 1 aromatic rings. The molecule has 0 N–H and O–H groups in total. The Hall–Kier alpha value is -0.870. The Morgan fingerprint density at radius 1 is 1.10 bits per heavy atom. The van der Waals surface area contributed by atoms with Gasteiger partial charge in [0.25, 0.3) is 0 Å². The van der Waals surface area contributed by atoms with Crippen LogP contribution in [0.5, 0.6) is 5.75 Å². The highest BCUT2D eigenvalue weighted by atomic mass is 32.2. The lowest BCUT2D eigenvalue weighted by Crippen LogP contribution is -2.21. The Morgan fingerprint density at radius 2 is 1.65 bits per heavy atom. The van der Waals surface area contributed by atoms with Crippen molar-refractivity contribution in [2.75, 3.05) is 0 Å². The Balaban J connectivity index is 3.40. The zero-order chi connectivity index (χ0) is 15.6. The second kappa shape index (κ2) is 6.27. The van der Waals surface area contributed by atoms with Gasteiger partial charge in [-0.25, -0.2) is 4.21 Å². The summed E-state index contributed by atoms with van der Waals surface area (Å²) in [5, 5.41) is 0. The van der Waals surface area contributed by atoms with Gasteiger partial charge in [0, 0.05) is 5.56 Å². The molecule has 20 heavy (non-hydrogen) atoms. The van der Waals surface area contributed by atoms with E-state index >= 15 is 0 Å². The fraction of sp³-hybridized carbons (Fsp3) is 0.625. The number of hydrogen-bond acceptors (Lipinski definition) is 3. The first-order chi connectivity index (χ1) is 9.14. The van der Waals surface area contributed by atoms with Gasteiger partial charge in [0.05, 0.1) is 0 Å². The molecule has 0 fully saturated rings. The molecule has 0 saturated carbocycles. The Morgan fingerprint density at radius 3 is 2.10 bits per heavy atom. The Kier molecular flexibility index (Phi) is 5.39. The Labute approximate surface area is 125 Å². The van der Waals surface area contributed by atoms with Crippen LogP contribution in [-0.4, -0.2) is 8.76 Å². The van der Waals surface area contributed by atoms with Crippen molar-refractivity contribution in [2.45, 2.75) is 65.2 Å². The minimum absolute atomic E-state index is 0.0632. The predicted octanol–water partition coefficient (Wildman–Crippen LogP) is 4.23. The molecule has 0 aliphatic carbocycles. The van der Waals surface area contributed by atoms with Gasteiger partial charge < -0.3 is 8.74 Å². The molecule has 0 amide bonds. The quantitative estimate of drug-likeness (QED) is 0.738. The van der Waals surface area contributed by atoms with Crippen molar-refractivity contribution in [3.05, 3.63) is 29.3 Å². The van der Waals surface area contributed by atoms with Crippen LogP contribution in [0.1, 0.15) is 65.5 Å². The minimum atomic E-state index is -2.54. The molecule has 3 nitrogen and oxygen atoms in total. The van der Waals surface area contributed by atoms with Gasteiger partial charge in [0.2, 0.25) is 0 Å². The zero-order valence-corrected chi connectivity index (χ0v) is 14.1. The molecule has 114 valence electrons. The first-order valence-electron chi connectivity index (χ1n) is 7.06. The van der Waals surface area contributed by atoms with Crippen molar-refractivity contribution in [1.82, 2.24) is 0 Å². The second-order valence-electron chi connectivity index (χ2n) is 6.47. The van der Waals surface area contributed by atoms with Crippen molar-refractivity contribution < 1.29 is 12.9 Å². The van der Waals surface area contributed by atoms with Gasteiger partial charge in [-0.15, -0.1) is 0 Å². The normalized spacial score (nSPS) is 14.2. The number of benzene rings is 1. The van der Waals surface area contributed by atoms with Crippen molar-refractivity contribution in [3.63, 3.8) is 0 Å². The number of hydrogen-bond donors (Lipinski definition) is 0. The summed E-state index contributed by atoms with van der Waals surface area (Å²) in [5.74, 6) is 0.431. The zero-order valence-electron chi connectivity index (χ0n) is 13.3. The third-order valence-corrected chi connectivity index (χ3v) is 4.73. The highest BCUT2D eigenvalue weighted by Gasteiger charge is 2.26. The Bertz CT molecular complexity index is 492.